The molecule has 0 unspecified atom stereocenters. The minimum atomic E-state index is 0.114. The summed E-state index contributed by atoms with van der Waals surface area (Å²) < 4.78 is 2.16. The van der Waals surface area contributed by atoms with Crippen LogP contribution in [-0.4, -0.2) is 34.6 Å². The number of rotatable bonds is 5. The molecular weight excluding hydrogens is 324 g/mol. The Bertz CT molecular complexity index is 881. The Labute approximate surface area is 153 Å². The molecule has 0 atom stereocenters. The molecule has 1 amide bonds. The van der Waals surface area contributed by atoms with Crippen molar-refractivity contribution in [2.45, 2.75) is 31.7 Å². The van der Waals surface area contributed by atoms with E-state index in [2.05, 4.69) is 33.4 Å². The molecule has 134 valence electrons. The predicted octanol–water partition coefficient (Wildman–Crippen LogP) is 2.83. The van der Waals surface area contributed by atoms with E-state index >= 15 is 0 Å². The number of amides is 1. The van der Waals surface area contributed by atoms with Gasteiger partial charge in [-0.2, -0.15) is 0 Å². The van der Waals surface area contributed by atoms with Crippen molar-refractivity contribution in [3.63, 3.8) is 0 Å². The molecule has 0 bridgehead atoms. The van der Waals surface area contributed by atoms with Gasteiger partial charge in [0.05, 0.1) is 11.0 Å². The van der Waals surface area contributed by atoms with Gasteiger partial charge in [0.1, 0.15) is 5.82 Å². The molecule has 0 aliphatic carbocycles. The molecular formula is C21H24N4O. The summed E-state index contributed by atoms with van der Waals surface area (Å²) in [4.78, 5) is 17.2. The average molecular weight is 348 g/mol. The molecule has 0 saturated carbocycles. The molecule has 2 N–H and O–H groups in total. The molecule has 0 spiro atoms. The summed E-state index contributed by atoms with van der Waals surface area (Å²) >= 11 is 0. The van der Waals surface area contributed by atoms with Gasteiger partial charge in [-0.15, -0.1) is 0 Å². The van der Waals surface area contributed by atoms with Gasteiger partial charge in [-0.3, -0.25) is 9.36 Å². The number of imidazole rings is 1. The number of carbonyl (C=O) groups is 1. The largest absolute Gasteiger partial charge is 0.353 e. The van der Waals surface area contributed by atoms with E-state index < -0.39 is 0 Å². The van der Waals surface area contributed by atoms with Gasteiger partial charge in [-0.05, 0) is 50.2 Å². The molecule has 5 nitrogen and oxygen atoms in total. The summed E-state index contributed by atoms with van der Waals surface area (Å²) in [5, 5.41) is 6.49. The SMILES string of the molecule is O=C(CCc1nc2ccccc2n1-c1ccccc1)NC1CCNCC1. The van der Waals surface area contributed by atoms with E-state index in [9.17, 15) is 4.79 Å². The van der Waals surface area contributed by atoms with Gasteiger partial charge in [0.2, 0.25) is 5.91 Å². The van der Waals surface area contributed by atoms with Crippen LogP contribution in [0.1, 0.15) is 25.1 Å². The summed E-state index contributed by atoms with van der Waals surface area (Å²) in [7, 11) is 0. The summed E-state index contributed by atoms with van der Waals surface area (Å²) in [6, 6.07) is 18.6. The zero-order chi connectivity index (χ0) is 17.8. The number of para-hydroxylation sites is 3. The second-order valence-electron chi connectivity index (χ2n) is 6.78. The Kier molecular flexibility index (Phi) is 4.97. The van der Waals surface area contributed by atoms with Crippen molar-refractivity contribution in [2.75, 3.05) is 13.1 Å². The van der Waals surface area contributed by atoms with Crippen molar-refractivity contribution in [1.29, 1.82) is 0 Å². The van der Waals surface area contributed by atoms with Crippen LogP contribution in [0.25, 0.3) is 16.7 Å². The summed E-state index contributed by atoms with van der Waals surface area (Å²) in [6.07, 6.45) is 3.10. The summed E-state index contributed by atoms with van der Waals surface area (Å²) in [5.74, 6) is 1.04. The van der Waals surface area contributed by atoms with Gasteiger partial charge >= 0.3 is 0 Å². The van der Waals surface area contributed by atoms with Crippen molar-refractivity contribution in [3.8, 4) is 5.69 Å². The van der Waals surface area contributed by atoms with E-state index in [-0.39, 0.29) is 5.91 Å². The van der Waals surface area contributed by atoms with E-state index in [0.29, 0.717) is 18.9 Å². The third-order valence-corrected chi connectivity index (χ3v) is 4.92. The first-order valence-electron chi connectivity index (χ1n) is 9.33. The number of carbonyl (C=O) groups excluding carboxylic acids is 1. The highest BCUT2D eigenvalue weighted by molar-refractivity contribution is 5.79. The molecule has 1 aliphatic heterocycles. The normalized spacial score (nSPS) is 15.2. The fourth-order valence-electron chi connectivity index (χ4n) is 3.60. The van der Waals surface area contributed by atoms with Crippen molar-refractivity contribution >= 4 is 16.9 Å². The lowest BCUT2D eigenvalue weighted by Crippen LogP contribution is -2.42. The summed E-state index contributed by atoms with van der Waals surface area (Å²) in [6.45, 7) is 1.96. The summed E-state index contributed by atoms with van der Waals surface area (Å²) in [5.41, 5.74) is 3.12. The Hall–Kier alpha value is -2.66. The topological polar surface area (TPSA) is 59.0 Å². The third kappa shape index (κ3) is 3.63. The van der Waals surface area contributed by atoms with Crippen LogP contribution in [0.4, 0.5) is 0 Å². The number of hydrogen-bond donors (Lipinski definition) is 2. The standard InChI is InChI=1S/C21H24N4O/c26-21(23-16-12-14-22-15-13-16)11-10-20-24-18-8-4-5-9-19(18)25(20)17-6-2-1-3-7-17/h1-9,16,22H,10-15H2,(H,23,26). The molecule has 1 aliphatic rings. The first-order chi connectivity index (χ1) is 12.8. The maximum Gasteiger partial charge on any atom is 0.220 e. The lowest BCUT2D eigenvalue weighted by molar-refractivity contribution is -0.121. The maximum absolute atomic E-state index is 12.4. The molecule has 26 heavy (non-hydrogen) atoms. The highest BCUT2D eigenvalue weighted by Gasteiger charge is 2.17. The Morgan fingerprint density at radius 2 is 1.81 bits per heavy atom. The second-order valence-corrected chi connectivity index (χ2v) is 6.78. The van der Waals surface area contributed by atoms with Crippen molar-refractivity contribution in [2.24, 2.45) is 0 Å². The van der Waals surface area contributed by atoms with Crippen LogP contribution in [0.5, 0.6) is 0 Å². The fourth-order valence-corrected chi connectivity index (χ4v) is 3.60. The smallest absolute Gasteiger partial charge is 0.220 e. The Morgan fingerprint density at radius 1 is 1.08 bits per heavy atom. The van der Waals surface area contributed by atoms with Crippen LogP contribution in [0.3, 0.4) is 0 Å². The van der Waals surface area contributed by atoms with Crippen LogP contribution in [0.2, 0.25) is 0 Å². The minimum absolute atomic E-state index is 0.114. The Balaban J connectivity index is 1.53. The molecule has 2 aromatic carbocycles. The molecule has 3 aromatic rings. The van der Waals surface area contributed by atoms with Crippen molar-refractivity contribution < 1.29 is 4.79 Å². The van der Waals surface area contributed by atoms with E-state index in [0.717, 1.165) is 48.5 Å². The number of benzene rings is 2. The third-order valence-electron chi connectivity index (χ3n) is 4.92. The number of fused-ring (bicyclic) bond motifs is 1. The lowest BCUT2D eigenvalue weighted by Gasteiger charge is -2.23. The highest BCUT2D eigenvalue weighted by atomic mass is 16.1. The number of aryl methyl sites for hydroxylation is 1. The predicted molar refractivity (Wildman–Crippen MR) is 103 cm³/mol. The molecule has 1 fully saturated rings. The first-order valence-corrected chi connectivity index (χ1v) is 9.33. The average Bonchev–Trinajstić information content (AvgIpc) is 3.06. The van der Waals surface area contributed by atoms with Crippen molar-refractivity contribution in [3.05, 3.63) is 60.4 Å². The molecule has 1 aromatic heterocycles. The van der Waals surface area contributed by atoms with Crippen LogP contribution >= 0.6 is 0 Å². The monoisotopic (exact) mass is 348 g/mol. The zero-order valence-electron chi connectivity index (χ0n) is 14.8. The van der Waals surface area contributed by atoms with Crippen LogP contribution < -0.4 is 10.6 Å². The van der Waals surface area contributed by atoms with Crippen LogP contribution in [0.15, 0.2) is 54.6 Å². The Morgan fingerprint density at radius 3 is 2.62 bits per heavy atom. The fraction of sp³-hybridized carbons (Fsp3) is 0.333. The van der Waals surface area contributed by atoms with Gasteiger partial charge in [-0.25, -0.2) is 4.98 Å². The van der Waals surface area contributed by atoms with E-state index in [4.69, 9.17) is 4.98 Å². The number of piperidine rings is 1. The number of hydrogen-bond acceptors (Lipinski definition) is 3. The molecule has 5 heteroatoms. The highest BCUT2D eigenvalue weighted by Crippen LogP contribution is 2.22. The maximum atomic E-state index is 12.4. The number of aromatic nitrogens is 2. The lowest BCUT2D eigenvalue weighted by atomic mass is 10.1. The van der Waals surface area contributed by atoms with Gasteiger partial charge in [0, 0.05) is 24.6 Å². The number of nitrogens with one attached hydrogen (secondary N) is 2. The van der Waals surface area contributed by atoms with E-state index in [1.807, 2.05) is 36.4 Å². The van der Waals surface area contributed by atoms with Crippen molar-refractivity contribution in [1.82, 2.24) is 20.2 Å². The van der Waals surface area contributed by atoms with Crippen LogP contribution in [0, 0.1) is 0 Å². The minimum Gasteiger partial charge on any atom is -0.353 e. The number of nitrogens with zero attached hydrogens (tertiary/aromatic N) is 2. The van der Waals surface area contributed by atoms with Gasteiger partial charge < -0.3 is 10.6 Å². The van der Waals surface area contributed by atoms with Crippen LogP contribution in [-0.2, 0) is 11.2 Å². The molecule has 0 radical (unpaired) electrons. The van der Waals surface area contributed by atoms with Gasteiger partial charge in [-0.1, -0.05) is 30.3 Å². The first kappa shape index (κ1) is 16.8. The molecule has 1 saturated heterocycles. The second kappa shape index (κ2) is 7.70. The molecule has 2 heterocycles. The van der Waals surface area contributed by atoms with Gasteiger partial charge in [0.25, 0.3) is 0 Å². The molecule has 4 rings (SSSR count). The van der Waals surface area contributed by atoms with E-state index in [1.165, 1.54) is 0 Å². The van der Waals surface area contributed by atoms with E-state index in [1.54, 1.807) is 0 Å². The quantitative estimate of drug-likeness (QED) is 0.745. The van der Waals surface area contributed by atoms with Gasteiger partial charge in [0.15, 0.2) is 0 Å². The zero-order valence-corrected chi connectivity index (χ0v) is 14.8.